The number of aldehydes is 1. The van der Waals surface area contributed by atoms with Gasteiger partial charge in [-0.1, -0.05) is 0 Å². The quantitative estimate of drug-likeness (QED) is 0.477. The Hall–Kier alpha value is -1.06. The molecule has 1 N–H and O–H groups in total. The molecule has 0 saturated heterocycles. The average Bonchev–Trinajstić information content (AvgIpc) is 2.15. The average molecular weight is 127 g/mol. The van der Waals surface area contributed by atoms with E-state index in [4.69, 9.17) is 0 Å². The van der Waals surface area contributed by atoms with Gasteiger partial charge in [0.2, 0.25) is 0 Å². The molecule has 1 heterocycles. The minimum atomic E-state index is 0.144. The van der Waals surface area contributed by atoms with E-state index in [0.717, 1.165) is 6.29 Å². The standard InChI is InChI=1S/C5H9N3O/c1-4-6-7-5(3-9)8(4)2/h3-4,6H,1-2H3. The Morgan fingerprint density at radius 2 is 2.56 bits per heavy atom. The van der Waals surface area contributed by atoms with Gasteiger partial charge in [-0.15, -0.1) is 0 Å². The van der Waals surface area contributed by atoms with Gasteiger partial charge in [-0.05, 0) is 6.92 Å². The summed E-state index contributed by atoms with van der Waals surface area (Å²) in [5.74, 6) is 0.461. The smallest absolute Gasteiger partial charge is 0.190 e. The molecule has 0 bridgehead atoms. The van der Waals surface area contributed by atoms with Gasteiger partial charge in [-0.3, -0.25) is 10.2 Å². The summed E-state index contributed by atoms with van der Waals surface area (Å²) in [6, 6.07) is 0. The molecule has 9 heavy (non-hydrogen) atoms. The molecule has 0 fully saturated rings. The highest BCUT2D eigenvalue weighted by Crippen LogP contribution is 1.98. The monoisotopic (exact) mass is 127 g/mol. The third-order valence-electron chi connectivity index (χ3n) is 1.41. The first kappa shape index (κ1) is 6.07. The van der Waals surface area contributed by atoms with Crippen LogP contribution >= 0.6 is 0 Å². The van der Waals surface area contributed by atoms with Crippen molar-refractivity contribution in [3.8, 4) is 0 Å². The van der Waals surface area contributed by atoms with E-state index in [2.05, 4.69) is 10.5 Å². The molecule has 50 valence electrons. The Bertz CT molecular complexity index is 154. The summed E-state index contributed by atoms with van der Waals surface area (Å²) in [6.07, 6.45) is 0.876. The fourth-order valence-corrected chi connectivity index (χ4v) is 0.633. The van der Waals surface area contributed by atoms with Gasteiger partial charge in [0.05, 0.1) is 0 Å². The van der Waals surface area contributed by atoms with Gasteiger partial charge in [0.25, 0.3) is 0 Å². The van der Waals surface area contributed by atoms with Crippen LogP contribution in [0.25, 0.3) is 0 Å². The molecule has 0 spiro atoms. The number of likely N-dealkylation sites (N-methyl/N-ethyl adjacent to an activating group) is 1. The molecule has 1 aliphatic rings. The number of hydrazone groups is 1. The third kappa shape index (κ3) is 0.872. The topological polar surface area (TPSA) is 44.7 Å². The fraction of sp³-hybridized carbons (Fsp3) is 0.600. The van der Waals surface area contributed by atoms with E-state index in [0.29, 0.717) is 5.84 Å². The van der Waals surface area contributed by atoms with Gasteiger partial charge < -0.3 is 4.90 Å². The highest BCUT2D eigenvalue weighted by molar-refractivity contribution is 6.27. The van der Waals surface area contributed by atoms with Gasteiger partial charge in [0, 0.05) is 7.05 Å². The van der Waals surface area contributed by atoms with Gasteiger partial charge >= 0.3 is 0 Å². The molecule has 0 aromatic heterocycles. The summed E-state index contributed by atoms with van der Waals surface area (Å²) < 4.78 is 0. The number of nitrogens with one attached hydrogen (secondary N) is 1. The normalized spacial score (nSPS) is 25.3. The molecule has 4 heteroatoms. The van der Waals surface area contributed by atoms with E-state index in [1.165, 1.54) is 0 Å². The van der Waals surface area contributed by atoms with Crippen LogP contribution in [0.15, 0.2) is 5.10 Å². The van der Waals surface area contributed by atoms with Crippen molar-refractivity contribution in [3.05, 3.63) is 0 Å². The van der Waals surface area contributed by atoms with Gasteiger partial charge in [-0.2, -0.15) is 5.10 Å². The van der Waals surface area contributed by atoms with Crippen molar-refractivity contribution < 1.29 is 4.79 Å². The highest BCUT2D eigenvalue weighted by Gasteiger charge is 2.17. The van der Waals surface area contributed by atoms with Crippen LogP contribution < -0.4 is 5.43 Å². The summed E-state index contributed by atoms with van der Waals surface area (Å²) in [5.41, 5.74) is 2.75. The molecule has 0 radical (unpaired) electrons. The molecule has 4 nitrogen and oxygen atoms in total. The second-order valence-corrected chi connectivity index (χ2v) is 2.00. The predicted molar refractivity (Wildman–Crippen MR) is 33.9 cm³/mol. The number of amidine groups is 1. The van der Waals surface area contributed by atoms with Crippen LogP contribution in [0, 0.1) is 0 Å². The molecule has 1 atom stereocenters. The van der Waals surface area contributed by atoms with Crippen molar-refractivity contribution >= 4 is 12.1 Å². The van der Waals surface area contributed by atoms with E-state index in [-0.39, 0.29) is 6.17 Å². The molecular formula is C5H9N3O. The predicted octanol–water partition coefficient (Wildman–Crippen LogP) is -0.620. The molecule has 1 unspecified atom stereocenters. The minimum absolute atomic E-state index is 0.144. The molecule has 0 aromatic carbocycles. The van der Waals surface area contributed by atoms with Crippen molar-refractivity contribution in [2.75, 3.05) is 7.05 Å². The van der Waals surface area contributed by atoms with E-state index in [1.54, 1.807) is 4.90 Å². The Balaban J connectivity index is 2.66. The lowest BCUT2D eigenvalue weighted by Crippen LogP contribution is -2.34. The molecule has 0 saturated carbocycles. The summed E-state index contributed by atoms with van der Waals surface area (Å²) in [6.45, 7) is 1.93. The number of carbonyl (C=O) groups is 1. The van der Waals surface area contributed by atoms with Crippen LogP contribution in [-0.4, -0.2) is 30.2 Å². The number of rotatable bonds is 1. The largest absolute Gasteiger partial charge is 0.334 e. The van der Waals surface area contributed by atoms with Crippen LogP contribution in [0.5, 0.6) is 0 Å². The second-order valence-electron chi connectivity index (χ2n) is 2.00. The maximum absolute atomic E-state index is 10.2. The maximum Gasteiger partial charge on any atom is 0.190 e. The lowest BCUT2D eigenvalue weighted by atomic mass is 10.5. The highest BCUT2D eigenvalue weighted by atomic mass is 16.1. The fourth-order valence-electron chi connectivity index (χ4n) is 0.633. The first-order chi connectivity index (χ1) is 4.25. The van der Waals surface area contributed by atoms with Crippen LogP contribution in [-0.2, 0) is 4.79 Å². The third-order valence-corrected chi connectivity index (χ3v) is 1.41. The Kier molecular flexibility index (Phi) is 1.38. The number of hydrogen-bond donors (Lipinski definition) is 1. The van der Waals surface area contributed by atoms with Crippen molar-refractivity contribution in [2.24, 2.45) is 5.10 Å². The van der Waals surface area contributed by atoms with E-state index < -0.39 is 0 Å². The first-order valence-corrected chi connectivity index (χ1v) is 2.77. The SMILES string of the molecule is CC1NN=C(C=O)N1C. The zero-order valence-corrected chi connectivity index (χ0v) is 5.46. The van der Waals surface area contributed by atoms with Gasteiger partial charge in [0.15, 0.2) is 12.1 Å². The lowest BCUT2D eigenvalue weighted by Gasteiger charge is -2.14. The number of carbonyl (C=O) groups excluding carboxylic acids is 1. The van der Waals surface area contributed by atoms with Crippen LogP contribution in [0.4, 0.5) is 0 Å². The van der Waals surface area contributed by atoms with E-state index in [1.807, 2.05) is 14.0 Å². The van der Waals surface area contributed by atoms with Crippen molar-refractivity contribution in [2.45, 2.75) is 13.1 Å². The first-order valence-electron chi connectivity index (χ1n) is 2.77. The molecule has 1 rings (SSSR count). The molecule has 0 amide bonds. The van der Waals surface area contributed by atoms with Crippen molar-refractivity contribution in [3.63, 3.8) is 0 Å². The Labute approximate surface area is 53.5 Å². The summed E-state index contributed by atoms with van der Waals surface area (Å²) in [4.78, 5) is 11.9. The summed E-state index contributed by atoms with van der Waals surface area (Å²) >= 11 is 0. The summed E-state index contributed by atoms with van der Waals surface area (Å²) in [5, 5.41) is 3.74. The summed E-state index contributed by atoms with van der Waals surface area (Å²) in [7, 11) is 1.82. The molecule has 1 aliphatic heterocycles. The second kappa shape index (κ2) is 2.05. The van der Waals surface area contributed by atoms with Gasteiger partial charge in [0.1, 0.15) is 6.17 Å². The van der Waals surface area contributed by atoms with Crippen molar-refractivity contribution in [1.29, 1.82) is 0 Å². The van der Waals surface area contributed by atoms with Crippen LogP contribution in [0.2, 0.25) is 0 Å². The zero-order chi connectivity index (χ0) is 6.85. The van der Waals surface area contributed by atoms with E-state index in [9.17, 15) is 4.79 Å². The van der Waals surface area contributed by atoms with E-state index >= 15 is 0 Å². The number of nitrogens with zero attached hydrogens (tertiary/aromatic N) is 2. The minimum Gasteiger partial charge on any atom is -0.334 e. The molecule has 0 aromatic rings. The van der Waals surface area contributed by atoms with Crippen molar-refractivity contribution in [1.82, 2.24) is 10.3 Å². The lowest BCUT2D eigenvalue weighted by molar-refractivity contribution is -0.103. The zero-order valence-electron chi connectivity index (χ0n) is 5.46. The Morgan fingerprint density at radius 1 is 1.89 bits per heavy atom. The maximum atomic E-state index is 10.2. The molecular weight excluding hydrogens is 118 g/mol. The van der Waals surface area contributed by atoms with Crippen LogP contribution in [0.1, 0.15) is 6.92 Å². The van der Waals surface area contributed by atoms with Crippen LogP contribution in [0.3, 0.4) is 0 Å². The Morgan fingerprint density at radius 3 is 2.78 bits per heavy atom. The van der Waals surface area contributed by atoms with Gasteiger partial charge in [-0.25, -0.2) is 0 Å². The number of hydrogen-bond acceptors (Lipinski definition) is 4. The molecule has 0 aliphatic carbocycles.